The number of benzene rings is 1. The average molecular weight is 247 g/mol. The number of para-hydroxylation sites is 1. The predicted octanol–water partition coefficient (Wildman–Crippen LogP) is 2.89. The fourth-order valence-corrected chi connectivity index (χ4v) is 2.29. The number of hydrogen-bond acceptors (Lipinski definition) is 4. The smallest absolute Gasteiger partial charge is 0.153 e. The fourth-order valence-electron chi connectivity index (χ4n) is 1.53. The van der Waals surface area contributed by atoms with Gasteiger partial charge in [0.05, 0.1) is 23.4 Å². The highest BCUT2D eigenvalue weighted by Gasteiger charge is 2.04. The van der Waals surface area contributed by atoms with Crippen molar-refractivity contribution in [2.45, 2.75) is 13.3 Å². The molecule has 0 saturated heterocycles. The largest absolute Gasteiger partial charge is 0.492 e. The van der Waals surface area contributed by atoms with Crippen molar-refractivity contribution in [3.05, 3.63) is 45.9 Å². The number of aromatic nitrogens is 1. The van der Waals surface area contributed by atoms with E-state index in [2.05, 4.69) is 4.98 Å². The maximum atomic E-state index is 10.8. The zero-order chi connectivity index (χ0) is 12.1. The van der Waals surface area contributed by atoms with Gasteiger partial charge in [0.25, 0.3) is 0 Å². The minimum Gasteiger partial charge on any atom is -0.492 e. The number of hydrogen-bond donors (Lipinski definition) is 0. The van der Waals surface area contributed by atoms with E-state index >= 15 is 0 Å². The Morgan fingerprint density at radius 1 is 1.41 bits per heavy atom. The molecule has 88 valence electrons. The lowest BCUT2D eigenvalue weighted by Gasteiger charge is -2.07. The van der Waals surface area contributed by atoms with Crippen LogP contribution in [0, 0.1) is 6.92 Å². The Balaban J connectivity index is 1.94. The van der Waals surface area contributed by atoms with E-state index in [1.807, 2.05) is 30.6 Å². The summed E-state index contributed by atoms with van der Waals surface area (Å²) in [5, 5.41) is 0. The summed E-state index contributed by atoms with van der Waals surface area (Å²) < 4.78 is 5.60. The summed E-state index contributed by atoms with van der Waals surface area (Å²) in [6.07, 6.45) is 1.64. The zero-order valence-corrected chi connectivity index (χ0v) is 10.4. The third-order valence-corrected chi connectivity index (χ3v) is 3.47. The summed E-state index contributed by atoms with van der Waals surface area (Å²) in [6, 6.07) is 7.24. The summed E-state index contributed by atoms with van der Waals surface area (Å²) >= 11 is 1.63. The average Bonchev–Trinajstić information content (AvgIpc) is 2.76. The van der Waals surface area contributed by atoms with E-state index in [4.69, 9.17) is 4.74 Å². The van der Waals surface area contributed by atoms with Gasteiger partial charge in [-0.15, -0.1) is 11.3 Å². The van der Waals surface area contributed by atoms with Crippen LogP contribution in [0.3, 0.4) is 0 Å². The maximum Gasteiger partial charge on any atom is 0.153 e. The third kappa shape index (κ3) is 2.91. The Labute approximate surface area is 104 Å². The van der Waals surface area contributed by atoms with Crippen molar-refractivity contribution in [2.24, 2.45) is 0 Å². The summed E-state index contributed by atoms with van der Waals surface area (Å²) in [5.41, 5.74) is 3.49. The minimum atomic E-state index is 0.563. The summed E-state index contributed by atoms with van der Waals surface area (Å²) in [6.45, 7) is 2.55. The molecular weight excluding hydrogens is 234 g/mol. The highest BCUT2D eigenvalue weighted by Crippen LogP contribution is 2.17. The molecule has 0 radical (unpaired) electrons. The summed E-state index contributed by atoms with van der Waals surface area (Å²) in [4.78, 5) is 16.2. The van der Waals surface area contributed by atoms with Gasteiger partial charge < -0.3 is 4.74 Å². The third-order valence-electron chi connectivity index (χ3n) is 2.48. The standard InChI is InChI=1S/C13H13NO2S/c1-10-13(17-9-14-10)6-7-16-12-5-3-2-4-11(12)8-15/h2-5,8-9H,6-7H2,1H3. The van der Waals surface area contributed by atoms with Crippen LogP contribution in [-0.4, -0.2) is 17.9 Å². The van der Waals surface area contributed by atoms with Crippen LogP contribution < -0.4 is 4.74 Å². The Morgan fingerprint density at radius 3 is 2.94 bits per heavy atom. The molecule has 0 saturated carbocycles. The van der Waals surface area contributed by atoms with Gasteiger partial charge in [-0.2, -0.15) is 0 Å². The van der Waals surface area contributed by atoms with Crippen LogP contribution in [-0.2, 0) is 6.42 Å². The van der Waals surface area contributed by atoms with Crippen LogP contribution >= 0.6 is 11.3 Å². The highest BCUT2D eigenvalue weighted by atomic mass is 32.1. The molecule has 3 nitrogen and oxygen atoms in total. The molecule has 0 amide bonds. The molecule has 17 heavy (non-hydrogen) atoms. The van der Waals surface area contributed by atoms with Gasteiger partial charge in [0, 0.05) is 11.3 Å². The van der Waals surface area contributed by atoms with Crippen LogP contribution in [0.25, 0.3) is 0 Å². The van der Waals surface area contributed by atoms with Gasteiger partial charge in [-0.05, 0) is 19.1 Å². The molecule has 2 aromatic rings. The molecule has 1 heterocycles. The highest BCUT2D eigenvalue weighted by molar-refractivity contribution is 7.09. The quantitative estimate of drug-likeness (QED) is 0.763. The number of nitrogens with zero attached hydrogens (tertiary/aromatic N) is 1. The molecular formula is C13H13NO2S. The number of carbonyl (C=O) groups is 1. The fraction of sp³-hybridized carbons (Fsp3) is 0.231. The van der Waals surface area contributed by atoms with Crippen molar-refractivity contribution < 1.29 is 9.53 Å². The monoisotopic (exact) mass is 247 g/mol. The first-order valence-corrected chi connectivity index (χ1v) is 6.25. The van der Waals surface area contributed by atoms with Gasteiger partial charge in [0.1, 0.15) is 5.75 Å². The molecule has 2 rings (SSSR count). The second kappa shape index (κ2) is 5.59. The van der Waals surface area contributed by atoms with Gasteiger partial charge in [-0.3, -0.25) is 4.79 Å². The number of rotatable bonds is 5. The second-order valence-electron chi connectivity index (χ2n) is 3.62. The van der Waals surface area contributed by atoms with Crippen molar-refractivity contribution in [3.8, 4) is 5.75 Å². The molecule has 0 bridgehead atoms. The van der Waals surface area contributed by atoms with Crippen molar-refractivity contribution >= 4 is 17.6 Å². The zero-order valence-electron chi connectivity index (χ0n) is 9.55. The number of thiazole rings is 1. The Hall–Kier alpha value is -1.68. The van der Waals surface area contributed by atoms with Gasteiger partial charge >= 0.3 is 0 Å². The van der Waals surface area contributed by atoms with Crippen molar-refractivity contribution in [3.63, 3.8) is 0 Å². The van der Waals surface area contributed by atoms with Gasteiger partial charge in [0.2, 0.25) is 0 Å². The Kier molecular flexibility index (Phi) is 3.88. The van der Waals surface area contributed by atoms with E-state index in [1.165, 1.54) is 4.88 Å². The van der Waals surface area contributed by atoms with E-state index in [0.29, 0.717) is 17.9 Å². The molecule has 0 spiro atoms. The lowest BCUT2D eigenvalue weighted by atomic mass is 10.2. The normalized spacial score (nSPS) is 10.2. The first kappa shape index (κ1) is 11.8. The molecule has 4 heteroatoms. The molecule has 0 aliphatic rings. The SMILES string of the molecule is Cc1ncsc1CCOc1ccccc1C=O. The predicted molar refractivity (Wildman–Crippen MR) is 67.9 cm³/mol. The molecule has 0 aliphatic heterocycles. The van der Waals surface area contributed by atoms with E-state index in [1.54, 1.807) is 17.4 Å². The first-order valence-electron chi connectivity index (χ1n) is 5.37. The van der Waals surface area contributed by atoms with E-state index in [-0.39, 0.29) is 0 Å². The lowest BCUT2D eigenvalue weighted by molar-refractivity contribution is 0.111. The Bertz CT molecular complexity index is 508. The van der Waals surface area contributed by atoms with Crippen molar-refractivity contribution in [1.29, 1.82) is 0 Å². The molecule has 1 aromatic heterocycles. The molecule has 1 aromatic carbocycles. The van der Waals surface area contributed by atoms with E-state index in [0.717, 1.165) is 18.4 Å². The molecule has 0 unspecified atom stereocenters. The molecule has 0 N–H and O–H groups in total. The molecule has 0 aliphatic carbocycles. The first-order chi connectivity index (χ1) is 8.31. The van der Waals surface area contributed by atoms with Crippen LogP contribution in [0.2, 0.25) is 0 Å². The van der Waals surface area contributed by atoms with Gasteiger partial charge in [0.15, 0.2) is 6.29 Å². The summed E-state index contributed by atoms with van der Waals surface area (Å²) in [5.74, 6) is 0.643. The number of ether oxygens (including phenoxy) is 1. The van der Waals surface area contributed by atoms with Crippen molar-refractivity contribution in [2.75, 3.05) is 6.61 Å². The van der Waals surface area contributed by atoms with E-state index < -0.39 is 0 Å². The molecule has 0 atom stereocenters. The topological polar surface area (TPSA) is 39.2 Å². The number of aldehydes is 1. The maximum absolute atomic E-state index is 10.8. The Morgan fingerprint density at radius 2 is 2.24 bits per heavy atom. The lowest BCUT2D eigenvalue weighted by Crippen LogP contribution is -2.03. The number of carbonyl (C=O) groups excluding carboxylic acids is 1. The van der Waals surface area contributed by atoms with Gasteiger partial charge in [-0.25, -0.2) is 4.98 Å². The van der Waals surface area contributed by atoms with E-state index in [9.17, 15) is 4.79 Å². The van der Waals surface area contributed by atoms with Gasteiger partial charge in [-0.1, -0.05) is 12.1 Å². The van der Waals surface area contributed by atoms with Crippen molar-refractivity contribution in [1.82, 2.24) is 4.98 Å². The number of aryl methyl sites for hydroxylation is 1. The molecule has 0 fully saturated rings. The summed E-state index contributed by atoms with van der Waals surface area (Å²) in [7, 11) is 0. The van der Waals surface area contributed by atoms with Crippen LogP contribution in [0.4, 0.5) is 0 Å². The second-order valence-corrected chi connectivity index (χ2v) is 4.55. The minimum absolute atomic E-state index is 0.563. The van der Waals surface area contributed by atoms with Crippen LogP contribution in [0.1, 0.15) is 20.9 Å². The van der Waals surface area contributed by atoms with Crippen LogP contribution in [0.15, 0.2) is 29.8 Å². The van der Waals surface area contributed by atoms with Crippen LogP contribution in [0.5, 0.6) is 5.75 Å².